The van der Waals surface area contributed by atoms with Gasteiger partial charge >= 0.3 is 0 Å². The highest BCUT2D eigenvalue weighted by molar-refractivity contribution is 14.0. The molecule has 0 bridgehead atoms. The van der Waals surface area contributed by atoms with Crippen LogP contribution in [0.2, 0.25) is 0 Å². The van der Waals surface area contributed by atoms with Gasteiger partial charge < -0.3 is 25.1 Å². The van der Waals surface area contributed by atoms with Gasteiger partial charge in [0.1, 0.15) is 11.9 Å². The number of aliphatic hydroxyl groups is 1. The summed E-state index contributed by atoms with van der Waals surface area (Å²) in [7, 11) is 1.68. The molecule has 8 heteroatoms. The molecule has 25 heavy (non-hydrogen) atoms. The van der Waals surface area contributed by atoms with Crippen molar-refractivity contribution in [3.8, 4) is 0 Å². The Morgan fingerprint density at radius 3 is 2.76 bits per heavy atom. The third-order valence-corrected chi connectivity index (χ3v) is 4.29. The molecule has 1 amide bonds. The molecule has 0 radical (unpaired) electrons. The number of nitrogens with one attached hydrogen (secondary N) is 2. The van der Waals surface area contributed by atoms with Gasteiger partial charge in [-0.3, -0.25) is 4.79 Å². The van der Waals surface area contributed by atoms with Crippen molar-refractivity contribution >= 4 is 35.8 Å². The van der Waals surface area contributed by atoms with Crippen molar-refractivity contribution in [3.63, 3.8) is 0 Å². The third kappa shape index (κ3) is 6.85. The molecular formula is C17H29IN4O3. The fraction of sp³-hybridized carbons (Fsp3) is 0.647. The molecule has 7 nitrogen and oxygen atoms in total. The van der Waals surface area contributed by atoms with E-state index in [0.29, 0.717) is 18.1 Å². The van der Waals surface area contributed by atoms with Crippen molar-refractivity contribution in [1.29, 1.82) is 0 Å². The Hall–Kier alpha value is -1.29. The van der Waals surface area contributed by atoms with Gasteiger partial charge in [0.25, 0.3) is 0 Å². The molecular weight excluding hydrogens is 435 g/mol. The Balaban J connectivity index is 0.00000312. The van der Waals surface area contributed by atoms with Gasteiger partial charge in [0, 0.05) is 33.1 Å². The van der Waals surface area contributed by atoms with Gasteiger partial charge in [-0.2, -0.15) is 0 Å². The molecule has 1 aromatic rings. The van der Waals surface area contributed by atoms with E-state index in [4.69, 9.17) is 4.42 Å². The number of halogens is 1. The molecule has 1 atom stereocenters. The first-order valence-electron chi connectivity index (χ1n) is 8.59. The number of likely N-dealkylation sites (tertiary alicyclic amines) is 1. The second kappa shape index (κ2) is 11.3. The van der Waals surface area contributed by atoms with Gasteiger partial charge in [-0.1, -0.05) is 0 Å². The molecule has 1 aromatic heterocycles. The SMILES string of the molecule is CCNC(=NCC(O)c1ccco1)N1CCC(CC(=O)NC)CC1.I. The minimum Gasteiger partial charge on any atom is -0.467 e. The van der Waals surface area contributed by atoms with E-state index in [1.54, 1.807) is 25.4 Å². The highest BCUT2D eigenvalue weighted by Crippen LogP contribution is 2.21. The van der Waals surface area contributed by atoms with Crippen LogP contribution in [-0.2, 0) is 4.79 Å². The first kappa shape index (κ1) is 21.8. The molecule has 0 aliphatic carbocycles. The lowest BCUT2D eigenvalue weighted by molar-refractivity contribution is -0.121. The minimum absolute atomic E-state index is 0. The van der Waals surface area contributed by atoms with E-state index in [0.717, 1.165) is 38.4 Å². The minimum atomic E-state index is -0.737. The van der Waals surface area contributed by atoms with E-state index >= 15 is 0 Å². The summed E-state index contributed by atoms with van der Waals surface area (Å²) < 4.78 is 5.20. The van der Waals surface area contributed by atoms with Crippen molar-refractivity contribution in [1.82, 2.24) is 15.5 Å². The highest BCUT2D eigenvalue weighted by atomic mass is 127. The predicted molar refractivity (Wildman–Crippen MR) is 108 cm³/mol. The Labute approximate surface area is 166 Å². The van der Waals surface area contributed by atoms with Crippen molar-refractivity contribution in [2.75, 3.05) is 33.2 Å². The summed E-state index contributed by atoms with van der Waals surface area (Å²) in [5.74, 6) is 1.87. The number of furan rings is 1. The zero-order valence-corrected chi connectivity index (χ0v) is 17.2. The quantitative estimate of drug-likeness (QED) is 0.339. The van der Waals surface area contributed by atoms with Crippen LogP contribution in [0.3, 0.4) is 0 Å². The monoisotopic (exact) mass is 464 g/mol. The molecule has 2 heterocycles. The third-order valence-electron chi connectivity index (χ3n) is 4.29. The zero-order valence-electron chi connectivity index (χ0n) is 14.9. The number of nitrogens with zero attached hydrogens (tertiary/aromatic N) is 2. The van der Waals surface area contributed by atoms with E-state index in [9.17, 15) is 9.90 Å². The number of piperidine rings is 1. The van der Waals surface area contributed by atoms with Crippen LogP contribution in [0.1, 0.15) is 38.1 Å². The van der Waals surface area contributed by atoms with Gasteiger partial charge in [-0.05, 0) is 37.8 Å². The van der Waals surface area contributed by atoms with Crippen LogP contribution in [0, 0.1) is 5.92 Å². The van der Waals surface area contributed by atoms with Gasteiger partial charge in [-0.25, -0.2) is 4.99 Å². The summed E-state index contributed by atoms with van der Waals surface area (Å²) in [4.78, 5) is 18.2. The fourth-order valence-corrected chi connectivity index (χ4v) is 2.88. The largest absolute Gasteiger partial charge is 0.467 e. The molecule has 3 N–H and O–H groups in total. The second-order valence-corrected chi connectivity index (χ2v) is 6.03. The molecule has 0 saturated carbocycles. The summed E-state index contributed by atoms with van der Waals surface area (Å²) in [6.45, 7) is 4.79. The number of amides is 1. The topological polar surface area (TPSA) is 90.1 Å². The maximum absolute atomic E-state index is 11.5. The van der Waals surface area contributed by atoms with Gasteiger partial charge in [0.15, 0.2) is 5.96 Å². The van der Waals surface area contributed by atoms with E-state index in [1.807, 2.05) is 6.92 Å². The molecule has 0 aromatic carbocycles. The van der Waals surface area contributed by atoms with Gasteiger partial charge in [-0.15, -0.1) is 24.0 Å². The number of guanidine groups is 1. The Bertz CT molecular complexity index is 528. The molecule has 1 aliphatic rings. The number of rotatable bonds is 6. The summed E-state index contributed by atoms with van der Waals surface area (Å²) in [6.07, 6.45) is 3.34. The van der Waals surface area contributed by atoms with Crippen LogP contribution in [0.5, 0.6) is 0 Å². The first-order chi connectivity index (χ1) is 11.6. The molecule has 1 unspecified atom stereocenters. The summed E-state index contributed by atoms with van der Waals surface area (Å²) in [5.41, 5.74) is 0. The zero-order chi connectivity index (χ0) is 17.4. The number of aliphatic imine (C=N–C) groups is 1. The lowest BCUT2D eigenvalue weighted by Gasteiger charge is -2.34. The average molecular weight is 464 g/mol. The van der Waals surface area contributed by atoms with Crippen LogP contribution in [0.4, 0.5) is 0 Å². The Kier molecular flexibility index (Phi) is 9.88. The van der Waals surface area contributed by atoms with Crippen LogP contribution in [0.25, 0.3) is 0 Å². The fourth-order valence-electron chi connectivity index (χ4n) is 2.88. The maximum atomic E-state index is 11.5. The standard InChI is InChI=1S/C17H28N4O3.HI/c1-3-19-17(20-12-14(22)15-5-4-10-24-15)21-8-6-13(7-9-21)11-16(23)18-2;/h4-5,10,13-14,22H,3,6-9,11-12H2,1-2H3,(H,18,23)(H,19,20);1H. The van der Waals surface area contributed by atoms with Crippen LogP contribution in [0.15, 0.2) is 27.8 Å². The molecule has 1 fully saturated rings. The average Bonchev–Trinajstić information content (AvgIpc) is 3.13. The van der Waals surface area contributed by atoms with E-state index in [1.165, 1.54) is 0 Å². The number of aliphatic hydroxyl groups excluding tert-OH is 1. The lowest BCUT2D eigenvalue weighted by Crippen LogP contribution is -2.46. The van der Waals surface area contributed by atoms with Crippen LogP contribution >= 0.6 is 24.0 Å². The predicted octanol–water partition coefficient (Wildman–Crippen LogP) is 1.74. The number of carbonyl (C=O) groups excluding carboxylic acids is 1. The molecule has 1 saturated heterocycles. The van der Waals surface area contributed by atoms with Gasteiger partial charge in [0.05, 0.1) is 12.8 Å². The van der Waals surface area contributed by atoms with Gasteiger partial charge in [0.2, 0.25) is 5.91 Å². The number of hydrogen-bond donors (Lipinski definition) is 3. The number of hydrogen-bond acceptors (Lipinski definition) is 4. The molecule has 2 rings (SSSR count). The van der Waals surface area contributed by atoms with Crippen molar-refractivity contribution in [2.24, 2.45) is 10.9 Å². The maximum Gasteiger partial charge on any atom is 0.220 e. The van der Waals surface area contributed by atoms with Crippen LogP contribution in [-0.4, -0.2) is 55.1 Å². The summed E-state index contributed by atoms with van der Waals surface area (Å²) in [6, 6.07) is 3.50. The Morgan fingerprint density at radius 1 is 1.48 bits per heavy atom. The van der Waals surface area contributed by atoms with E-state index in [2.05, 4.69) is 20.5 Å². The van der Waals surface area contributed by atoms with Crippen molar-refractivity contribution < 1.29 is 14.3 Å². The lowest BCUT2D eigenvalue weighted by atomic mass is 9.93. The summed E-state index contributed by atoms with van der Waals surface area (Å²) in [5, 5.41) is 16.1. The van der Waals surface area contributed by atoms with Crippen molar-refractivity contribution in [3.05, 3.63) is 24.2 Å². The van der Waals surface area contributed by atoms with E-state index in [-0.39, 0.29) is 36.4 Å². The molecule has 0 spiro atoms. The second-order valence-electron chi connectivity index (χ2n) is 6.03. The smallest absolute Gasteiger partial charge is 0.220 e. The summed E-state index contributed by atoms with van der Waals surface area (Å²) >= 11 is 0. The molecule has 142 valence electrons. The van der Waals surface area contributed by atoms with Crippen LogP contribution < -0.4 is 10.6 Å². The normalized spacial score (nSPS) is 16.9. The number of carbonyl (C=O) groups is 1. The first-order valence-corrected chi connectivity index (χ1v) is 8.59. The van der Waals surface area contributed by atoms with E-state index < -0.39 is 6.10 Å². The molecule has 1 aliphatic heterocycles. The Morgan fingerprint density at radius 2 is 2.20 bits per heavy atom. The highest BCUT2D eigenvalue weighted by Gasteiger charge is 2.23. The van der Waals surface area contributed by atoms with Crippen molar-refractivity contribution in [2.45, 2.75) is 32.3 Å².